The summed E-state index contributed by atoms with van der Waals surface area (Å²) in [7, 11) is 0. The van der Waals surface area contributed by atoms with Gasteiger partial charge in [-0.15, -0.1) is 0 Å². The molecule has 0 aliphatic heterocycles. The smallest absolute Gasteiger partial charge is 0.152 e. The van der Waals surface area contributed by atoms with E-state index in [1.807, 2.05) is 34.6 Å². The summed E-state index contributed by atoms with van der Waals surface area (Å²) in [5.41, 5.74) is 11.1. The van der Waals surface area contributed by atoms with E-state index in [2.05, 4.69) is 46.2 Å². The third-order valence-electron chi connectivity index (χ3n) is 5.02. The first kappa shape index (κ1) is 16.3. The van der Waals surface area contributed by atoms with E-state index in [4.69, 9.17) is 5.73 Å². The van der Waals surface area contributed by atoms with Crippen molar-refractivity contribution in [1.82, 2.24) is 19.6 Å². The van der Waals surface area contributed by atoms with E-state index in [0.717, 1.165) is 40.9 Å². The van der Waals surface area contributed by atoms with Crippen LogP contribution < -0.4 is 5.73 Å². The average Bonchev–Trinajstić information content (AvgIpc) is 3.01. The molecule has 0 saturated heterocycles. The first-order valence-electron chi connectivity index (χ1n) is 8.84. The number of hydrogen-bond donors (Lipinski definition) is 1. The van der Waals surface area contributed by atoms with Crippen molar-refractivity contribution in [2.75, 3.05) is 5.73 Å². The van der Waals surface area contributed by atoms with Crippen LogP contribution in [0.25, 0.3) is 22.5 Å². The summed E-state index contributed by atoms with van der Waals surface area (Å²) in [6.07, 6.45) is 7.02. The zero-order chi connectivity index (χ0) is 18.1. The van der Waals surface area contributed by atoms with Crippen LogP contribution in [0.2, 0.25) is 0 Å². The van der Waals surface area contributed by atoms with Gasteiger partial charge < -0.3 is 5.73 Å². The molecular formula is C20H22N6. The Morgan fingerprint density at radius 1 is 1.35 bits per heavy atom. The quantitative estimate of drug-likeness (QED) is 0.563. The molecule has 1 aliphatic rings. The molecule has 0 radical (unpaired) electrons. The lowest BCUT2D eigenvalue weighted by Gasteiger charge is -2.36. The normalized spacial score (nSPS) is 15.0. The molecule has 0 atom stereocenters. The second kappa shape index (κ2) is 6.63. The van der Waals surface area contributed by atoms with Crippen LogP contribution in [0.4, 0.5) is 5.82 Å². The number of hydrazone groups is 1. The number of nitrogens with two attached hydrogens (primary N) is 1. The largest absolute Gasteiger partial charge is 0.382 e. The first-order chi connectivity index (χ1) is 12.7. The Morgan fingerprint density at radius 3 is 2.73 bits per heavy atom. The first-order valence-corrected chi connectivity index (χ1v) is 8.84. The van der Waals surface area contributed by atoms with Crippen molar-refractivity contribution in [3.05, 3.63) is 54.4 Å². The van der Waals surface area contributed by atoms with Gasteiger partial charge in [0, 0.05) is 17.8 Å². The molecule has 1 aromatic carbocycles. The molecule has 1 fully saturated rings. The van der Waals surface area contributed by atoms with Crippen molar-refractivity contribution in [3.8, 4) is 11.3 Å². The molecule has 3 aromatic rings. The summed E-state index contributed by atoms with van der Waals surface area (Å²) >= 11 is 0. The van der Waals surface area contributed by atoms with Crippen molar-refractivity contribution in [2.24, 2.45) is 5.10 Å². The van der Waals surface area contributed by atoms with Gasteiger partial charge in [0.2, 0.25) is 0 Å². The van der Waals surface area contributed by atoms with Crippen LogP contribution in [-0.2, 0) is 0 Å². The highest BCUT2D eigenvalue weighted by Gasteiger charge is 2.29. The van der Waals surface area contributed by atoms with Gasteiger partial charge in [0.25, 0.3) is 0 Å². The fraction of sp³-hybridized carbons (Fsp3) is 0.250. The SMILES string of the molecule is C=NN(/C(=C\C)c1cc(-c2ccccc2)n2ncnc(N)c12)C1CCC1. The molecule has 2 heterocycles. The zero-order valence-corrected chi connectivity index (χ0v) is 14.8. The number of nitrogen functional groups attached to an aromatic ring is 1. The van der Waals surface area contributed by atoms with Crippen LogP contribution in [0.15, 0.2) is 53.9 Å². The third-order valence-corrected chi connectivity index (χ3v) is 5.02. The van der Waals surface area contributed by atoms with Gasteiger partial charge in [-0.25, -0.2) is 9.50 Å². The number of benzene rings is 1. The number of fused-ring (bicyclic) bond motifs is 1. The molecule has 0 bridgehead atoms. The van der Waals surface area contributed by atoms with E-state index < -0.39 is 0 Å². The van der Waals surface area contributed by atoms with E-state index in [-0.39, 0.29) is 0 Å². The summed E-state index contributed by atoms with van der Waals surface area (Å²) in [5, 5.41) is 10.8. The second-order valence-corrected chi connectivity index (χ2v) is 6.46. The molecule has 6 nitrogen and oxygen atoms in total. The van der Waals surface area contributed by atoms with Crippen LogP contribution in [0.5, 0.6) is 0 Å². The van der Waals surface area contributed by atoms with Gasteiger partial charge in [-0.2, -0.15) is 10.2 Å². The van der Waals surface area contributed by atoms with Gasteiger partial charge in [0.15, 0.2) is 5.82 Å². The summed E-state index contributed by atoms with van der Waals surface area (Å²) in [6, 6.07) is 12.7. The molecule has 4 rings (SSSR count). The predicted molar refractivity (Wildman–Crippen MR) is 106 cm³/mol. The number of hydrogen-bond acceptors (Lipinski definition) is 5. The highest BCUT2D eigenvalue weighted by molar-refractivity contribution is 5.88. The number of nitrogens with zero attached hydrogens (tertiary/aromatic N) is 5. The predicted octanol–water partition coefficient (Wildman–Crippen LogP) is 3.81. The Labute approximate surface area is 152 Å². The van der Waals surface area contributed by atoms with Crippen LogP contribution >= 0.6 is 0 Å². The van der Waals surface area contributed by atoms with Crippen LogP contribution in [0.3, 0.4) is 0 Å². The van der Waals surface area contributed by atoms with Crippen molar-refractivity contribution in [2.45, 2.75) is 32.2 Å². The molecule has 0 amide bonds. The van der Waals surface area contributed by atoms with E-state index in [1.165, 1.54) is 12.7 Å². The molecular weight excluding hydrogens is 324 g/mol. The monoisotopic (exact) mass is 346 g/mol. The van der Waals surface area contributed by atoms with Crippen molar-refractivity contribution >= 4 is 23.7 Å². The molecule has 0 unspecified atom stereocenters. The summed E-state index contributed by atoms with van der Waals surface area (Å²) in [4.78, 5) is 4.21. The maximum Gasteiger partial charge on any atom is 0.152 e. The lowest BCUT2D eigenvalue weighted by molar-refractivity contribution is 0.204. The maximum absolute atomic E-state index is 6.24. The lowest BCUT2D eigenvalue weighted by Crippen LogP contribution is -2.35. The zero-order valence-electron chi connectivity index (χ0n) is 14.8. The Balaban J connectivity index is 1.93. The van der Waals surface area contributed by atoms with Gasteiger partial charge >= 0.3 is 0 Å². The Kier molecular flexibility index (Phi) is 4.16. The highest BCUT2D eigenvalue weighted by Crippen LogP contribution is 2.37. The van der Waals surface area contributed by atoms with Crippen molar-refractivity contribution in [1.29, 1.82) is 0 Å². The van der Waals surface area contributed by atoms with Gasteiger partial charge in [0.1, 0.15) is 11.8 Å². The van der Waals surface area contributed by atoms with E-state index >= 15 is 0 Å². The van der Waals surface area contributed by atoms with Gasteiger partial charge in [-0.05, 0) is 32.3 Å². The van der Waals surface area contributed by atoms with Gasteiger partial charge in [-0.1, -0.05) is 36.4 Å². The fourth-order valence-corrected chi connectivity index (χ4v) is 3.51. The Morgan fingerprint density at radius 2 is 2.12 bits per heavy atom. The topological polar surface area (TPSA) is 71.8 Å². The molecule has 132 valence electrons. The number of rotatable bonds is 5. The third kappa shape index (κ3) is 2.54. The molecule has 2 aromatic heterocycles. The minimum absolute atomic E-state index is 0.389. The Hall–Kier alpha value is -3.15. The van der Waals surface area contributed by atoms with Crippen molar-refractivity contribution < 1.29 is 0 Å². The molecule has 0 spiro atoms. The molecule has 1 saturated carbocycles. The minimum atomic E-state index is 0.389. The van der Waals surface area contributed by atoms with Crippen molar-refractivity contribution in [3.63, 3.8) is 0 Å². The number of aromatic nitrogens is 3. The molecule has 2 N–H and O–H groups in total. The molecule has 26 heavy (non-hydrogen) atoms. The maximum atomic E-state index is 6.24. The minimum Gasteiger partial charge on any atom is -0.382 e. The highest BCUT2D eigenvalue weighted by atomic mass is 15.5. The summed E-state index contributed by atoms with van der Waals surface area (Å²) in [5.74, 6) is 0.453. The summed E-state index contributed by atoms with van der Waals surface area (Å²) in [6.45, 7) is 5.80. The van der Waals surface area contributed by atoms with Crippen LogP contribution in [-0.4, -0.2) is 32.4 Å². The van der Waals surface area contributed by atoms with E-state index in [9.17, 15) is 0 Å². The van der Waals surface area contributed by atoms with Gasteiger partial charge in [0.05, 0.1) is 17.4 Å². The van der Waals surface area contributed by atoms with Crippen LogP contribution in [0, 0.1) is 0 Å². The van der Waals surface area contributed by atoms with E-state index in [1.54, 1.807) is 0 Å². The van der Waals surface area contributed by atoms with Crippen LogP contribution in [0.1, 0.15) is 31.7 Å². The fourth-order valence-electron chi connectivity index (χ4n) is 3.51. The van der Waals surface area contributed by atoms with Gasteiger partial charge in [-0.3, -0.25) is 5.01 Å². The standard InChI is InChI=1S/C20H22N6/c1-3-17(25(22-2)15-10-7-11-15)16-12-18(14-8-5-4-6-9-14)26-19(16)20(21)23-13-24-26/h3-6,8-9,12-13,15H,2,7,10-11H2,1H3,(H2,21,23,24)/b17-3-. The second-order valence-electron chi connectivity index (χ2n) is 6.46. The summed E-state index contributed by atoms with van der Waals surface area (Å²) < 4.78 is 1.86. The lowest BCUT2D eigenvalue weighted by atomic mass is 9.91. The Bertz CT molecular complexity index is 969. The number of allylic oxidation sites excluding steroid dienone is 1. The molecule has 6 heteroatoms. The number of anilines is 1. The van der Waals surface area contributed by atoms with E-state index in [0.29, 0.717) is 11.9 Å². The molecule has 1 aliphatic carbocycles. The average molecular weight is 346 g/mol.